The molecule has 0 spiro atoms. The minimum absolute atomic E-state index is 0.0155. The maximum atomic E-state index is 5.92. The third-order valence-electron chi connectivity index (χ3n) is 3.17. The van der Waals surface area contributed by atoms with Crippen molar-refractivity contribution in [3.8, 4) is 0 Å². The van der Waals surface area contributed by atoms with Crippen LogP contribution in [-0.4, -0.2) is 26.7 Å². The molecule has 3 rings (SSSR count). The molecular weight excluding hydrogens is 294 g/mol. The molecule has 0 saturated heterocycles. The molecule has 0 aliphatic heterocycles. The number of hydrogen-bond donors (Lipinski definition) is 2. The van der Waals surface area contributed by atoms with E-state index in [2.05, 4.69) is 56.8 Å². The molecule has 0 atom stereocenters. The number of aromatic amines is 1. The topological polar surface area (TPSA) is 66.5 Å². The van der Waals surface area contributed by atoms with Gasteiger partial charge in [0.1, 0.15) is 5.82 Å². The molecule has 3 aromatic heterocycles. The van der Waals surface area contributed by atoms with Gasteiger partial charge in [-0.25, -0.2) is 0 Å². The van der Waals surface area contributed by atoms with E-state index in [1.165, 1.54) is 4.88 Å². The highest BCUT2D eigenvalue weighted by atomic mass is 35.5. The lowest BCUT2D eigenvalue weighted by atomic mass is 9.91. The Morgan fingerprint density at radius 2 is 2.25 bits per heavy atom. The quantitative estimate of drug-likeness (QED) is 0.724. The van der Waals surface area contributed by atoms with E-state index in [0.717, 1.165) is 11.9 Å². The van der Waals surface area contributed by atoms with Crippen LogP contribution >= 0.6 is 22.9 Å². The maximum Gasteiger partial charge on any atom is 0.226 e. The van der Waals surface area contributed by atoms with E-state index in [1.54, 1.807) is 17.5 Å². The van der Waals surface area contributed by atoms with Crippen LogP contribution in [0.3, 0.4) is 0 Å². The maximum absolute atomic E-state index is 5.92. The second-order valence-corrected chi connectivity index (χ2v) is 6.47. The van der Waals surface area contributed by atoms with Gasteiger partial charge in [0.15, 0.2) is 5.65 Å². The van der Waals surface area contributed by atoms with E-state index >= 15 is 0 Å². The lowest BCUT2D eigenvalue weighted by Crippen LogP contribution is -2.27. The number of halogens is 1. The zero-order valence-electron chi connectivity index (χ0n) is 11.1. The molecule has 0 saturated carbocycles. The number of nitrogens with zero attached hydrogens (tertiary/aromatic N) is 3. The molecule has 0 aliphatic carbocycles. The van der Waals surface area contributed by atoms with Crippen molar-refractivity contribution in [3.05, 3.63) is 33.9 Å². The van der Waals surface area contributed by atoms with Gasteiger partial charge < -0.3 is 5.32 Å². The van der Waals surface area contributed by atoms with Gasteiger partial charge in [-0.05, 0) is 23.0 Å². The van der Waals surface area contributed by atoms with Gasteiger partial charge >= 0.3 is 0 Å². The normalized spacial score (nSPS) is 11.9. The fraction of sp³-hybridized carbons (Fsp3) is 0.308. The zero-order valence-corrected chi connectivity index (χ0v) is 12.7. The predicted octanol–water partition coefficient (Wildman–Crippen LogP) is 3.46. The Hall–Kier alpha value is -1.66. The average Bonchev–Trinajstić information content (AvgIpc) is 3.06. The first-order valence-electron chi connectivity index (χ1n) is 6.21. The minimum Gasteiger partial charge on any atom is -0.368 e. The predicted molar refractivity (Wildman–Crippen MR) is 82.5 cm³/mol. The molecule has 3 aromatic rings. The number of H-pyrrole nitrogens is 1. The summed E-state index contributed by atoms with van der Waals surface area (Å²) in [5.41, 5.74) is 0.656. The van der Waals surface area contributed by atoms with E-state index in [4.69, 9.17) is 11.6 Å². The van der Waals surface area contributed by atoms with Crippen LogP contribution in [0.15, 0.2) is 23.7 Å². The summed E-state index contributed by atoms with van der Waals surface area (Å²) in [4.78, 5) is 9.66. The summed E-state index contributed by atoms with van der Waals surface area (Å²) in [7, 11) is 0. The molecule has 7 heteroatoms. The number of rotatable bonds is 4. The Morgan fingerprint density at radius 3 is 3.00 bits per heavy atom. The van der Waals surface area contributed by atoms with Crippen LogP contribution in [0, 0.1) is 0 Å². The molecule has 0 bridgehead atoms. The molecule has 0 aliphatic rings. The number of aromatic nitrogens is 4. The molecule has 0 fully saturated rings. The van der Waals surface area contributed by atoms with Crippen LogP contribution in [-0.2, 0) is 5.41 Å². The Bertz CT molecular complexity index is 720. The molecular formula is C13H14ClN5S. The zero-order chi connectivity index (χ0) is 14.2. The first-order valence-corrected chi connectivity index (χ1v) is 7.46. The number of thiophene rings is 1. The van der Waals surface area contributed by atoms with Crippen LogP contribution in [0.4, 0.5) is 5.82 Å². The van der Waals surface area contributed by atoms with Crippen LogP contribution < -0.4 is 5.32 Å². The van der Waals surface area contributed by atoms with Gasteiger partial charge in [-0.2, -0.15) is 15.1 Å². The van der Waals surface area contributed by atoms with E-state index in [0.29, 0.717) is 11.5 Å². The molecule has 5 nitrogen and oxygen atoms in total. The average molecular weight is 308 g/mol. The monoisotopic (exact) mass is 307 g/mol. The lowest BCUT2D eigenvalue weighted by molar-refractivity contribution is 0.568. The molecule has 104 valence electrons. The van der Waals surface area contributed by atoms with E-state index in [-0.39, 0.29) is 10.7 Å². The van der Waals surface area contributed by atoms with Crippen molar-refractivity contribution in [1.82, 2.24) is 20.2 Å². The third kappa shape index (κ3) is 2.48. The van der Waals surface area contributed by atoms with Gasteiger partial charge in [-0.1, -0.05) is 19.9 Å². The van der Waals surface area contributed by atoms with Crippen molar-refractivity contribution in [3.63, 3.8) is 0 Å². The van der Waals surface area contributed by atoms with Crippen LogP contribution in [0.5, 0.6) is 0 Å². The molecule has 3 heterocycles. The molecule has 0 amide bonds. The standard InChI is InChI=1S/C13H14ClN5S/c1-13(2,9-4-3-5-20-9)7-15-10-8-6-16-19-11(8)18-12(14)17-10/h3-6H,7H2,1-2H3,(H2,15,16,17,18,19). The molecule has 0 radical (unpaired) electrons. The SMILES string of the molecule is CC(C)(CNc1nc(Cl)nc2[nH]ncc12)c1cccs1. The van der Waals surface area contributed by atoms with Crippen molar-refractivity contribution < 1.29 is 0 Å². The fourth-order valence-corrected chi connectivity index (χ4v) is 3.02. The number of anilines is 1. The third-order valence-corrected chi connectivity index (χ3v) is 4.57. The van der Waals surface area contributed by atoms with E-state index < -0.39 is 0 Å². The summed E-state index contributed by atoms with van der Waals surface area (Å²) in [5.74, 6) is 0.707. The van der Waals surface area contributed by atoms with E-state index in [9.17, 15) is 0 Å². The summed E-state index contributed by atoms with van der Waals surface area (Å²) in [6, 6.07) is 4.21. The lowest BCUT2D eigenvalue weighted by Gasteiger charge is -2.24. The Labute approximate surface area is 125 Å². The highest BCUT2D eigenvalue weighted by Crippen LogP contribution is 2.28. The van der Waals surface area contributed by atoms with Crippen molar-refractivity contribution in [1.29, 1.82) is 0 Å². The highest BCUT2D eigenvalue weighted by molar-refractivity contribution is 7.10. The fourth-order valence-electron chi connectivity index (χ4n) is 2.00. The van der Waals surface area contributed by atoms with Crippen LogP contribution in [0.2, 0.25) is 5.28 Å². The summed E-state index contributed by atoms with van der Waals surface area (Å²) >= 11 is 7.68. The van der Waals surface area contributed by atoms with Gasteiger partial charge in [-0.15, -0.1) is 11.3 Å². The van der Waals surface area contributed by atoms with Crippen LogP contribution in [0.1, 0.15) is 18.7 Å². The van der Waals surface area contributed by atoms with Crippen molar-refractivity contribution in [2.75, 3.05) is 11.9 Å². The molecule has 0 aromatic carbocycles. The summed E-state index contributed by atoms with van der Waals surface area (Å²) in [6.45, 7) is 5.14. The minimum atomic E-state index is 0.0155. The van der Waals surface area contributed by atoms with Crippen molar-refractivity contribution in [2.24, 2.45) is 0 Å². The number of fused-ring (bicyclic) bond motifs is 1. The Balaban J connectivity index is 1.85. The van der Waals surface area contributed by atoms with E-state index in [1.807, 2.05) is 0 Å². The Morgan fingerprint density at radius 1 is 1.40 bits per heavy atom. The van der Waals surface area contributed by atoms with Gasteiger partial charge in [0.05, 0.1) is 11.6 Å². The first-order chi connectivity index (χ1) is 9.56. The summed E-state index contributed by atoms with van der Waals surface area (Å²) < 4.78 is 0. The second-order valence-electron chi connectivity index (χ2n) is 5.19. The number of hydrogen-bond acceptors (Lipinski definition) is 5. The van der Waals surface area contributed by atoms with Gasteiger partial charge in [0, 0.05) is 16.8 Å². The van der Waals surface area contributed by atoms with Gasteiger partial charge in [0.25, 0.3) is 0 Å². The highest BCUT2D eigenvalue weighted by Gasteiger charge is 2.22. The first kappa shape index (κ1) is 13.3. The van der Waals surface area contributed by atoms with Gasteiger partial charge in [-0.3, -0.25) is 5.10 Å². The molecule has 2 N–H and O–H groups in total. The van der Waals surface area contributed by atoms with Crippen LogP contribution in [0.25, 0.3) is 11.0 Å². The molecule has 0 unspecified atom stereocenters. The van der Waals surface area contributed by atoms with Crippen molar-refractivity contribution in [2.45, 2.75) is 19.3 Å². The second kappa shape index (κ2) is 5.03. The molecule has 20 heavy (non-hydrogen) atoms. The largest absolute Gasteiger partial charge is 0.368 e. The number of nitrogens with one attached hydrogen (secondary N) is 2. The summed E-state index contributed by atoms with van der Waals surface area (Å²) in [5, 5.41) is 13.3. The Kier molecular flexibility index (Phi) is 3.35. The summed E-state index contributed by atoms with van der Waals surface area (Å²) in [6.07, 6.45) is 1.70. The van der Waals surface area contributed by atoms with Gasteiger partial charge in [0.2, 0.25) is 5.28 Å². The smallest absolute Gasteiger partial charge is 0.226 e. The van der Waals surface area contributed by atoms with Crippen molar-refractivity contribution >= 4 is 39.8 Å².